The van der Waals surface area contributed by atoms with Crippen molar-refractivity contribution in [1.29, 1.82) is 0 Å². The van der Waals surface area contributed by atoms with E-state index in [2.05, 4.69) is 36.2 Å². The number of anilines is 1. The summed E-state index contributed by atoms with van der Waals surface area (Å²) in [5.74, 6) is 0.723. The van der Waals surface area contributed by atoms with E-state index in [1.54, 1.807) is 0 Å². The fourth-order valence-corrected chi connectivity index (χ4v) is 2.73. The molecular formula is C20H30N4O. The molecule has 0 spiro atoms. The van der Waals surface area contributed by atoms with Crippen LogP contribution in [0, 0.1) is 19.8 Å². The second-order valence-electron chi connectivity index (χ2n) is 7.08. The van der Waals surface area contributed by atoms with Gasteiger partial charge in [-0.2, -0.15) is 5.10 Å². The fourth-order valence-electron chi connectivity index (χ4n) is 2.73. The summed E-state index contributed by atoms with van der Waals surface area (Å²) in [5.41, 5.74) is 3.60. The maximum Gasteiger partial charge on any atom is 0.225 e. The molecule has 1 amide bonds. The molecule has 5 heteroatoms. The molecule has 136 valence electrons. The highest BCUT2D eigenvalue weighted by atomic mass is 16.1. The first-order valence-electron chi connectivity index (χ1n) is 8.98. The number of nitrogens with one attached hydrogen (secondary N) is 1. The van der Waals surface area contributed by atoms with Gasteiger partial charge < -0.3 is 10.2 Å². The van der Waals surface area contributed by atoms with Crippen LogP contribution < -0.4 is 5.32 Å². The van der Waals surface area contributed by atoms with Gasteiger partial charge >= 0.3 is 0 Å². The van der Waals surface area contributed by atoms with E-state index >= 15 is 0 Å². The van der Waals surface area contributed by atoms with Crippen molar-refractivity contribution in [3.05, 3.63) is 41.7 Å². The predicted octanol–water partition coefficient (Wildman–Crippen LogP) is 3.80. The molecule has 0 unspecified atom stereocenters. The lowest BCUT2D eigenvalue weighted by molar-refractivity contribution is -0.116. The van der Waals surface area contributed by atoms with Crippen LogP contribution in [-0.2, 0) is 4.79 Å². The largest absolute Gasteiger partial charge is 0.323 e. The summed E-state index contributed by atoms with van der Waals surface area (Å²) in [6.45, 7) is 10.1. The molecule has 0 aliphatic heterocycles. The summed E-state index contributed by atoms with van der Waals surface area (Å²) in [5, 5.41) is 7.61. The molecule has 1 N–H and O–H groups in total. The number of para-hydroxylation sites is 1. The van der Waals surface area contributed by atoms with Crippen LogP contribution in [-0.4, -0.2) is 40.7 Å². The van der Waals surface area contributed by atoms with Gasteiger partial charge in [-0.05, 0) is 51.9 Å². The first-order chi connectivity index (χ1) is 11.9. The van der Waals surface area contributed by atoms with Crippen molar-refractivity contribution in [2.75, 3.05) is 25.5 Å². The monoisotopic (exact) mass is 342 g/mol. The van der Waals surface area contributed by atoms with Crippen molar-refractivity contribution in [3.63, 3.8) is 0 Å². The predicted molar refractivity (Wildman–Crippen MR) is 103 cm³/mol. The maximum absolute atomic E-state index is 12.3. The minimum absolute atomic E-state index is 0.0372. The first kappa shape index (κ1) is 19.2. The Morgan fingerprint density at radius 1 is 1.20 bits per heavy atom. The molecule has 1 aromatic carbocycles. The standard InChI is InChI=1S/C20H30N4O/c1-15(2)11-13-23(5)14-12-19(25)21-20-16(3)22-24(17(20)4)18-9-7-6-8-10-18/h6-10,15H,11-14H2,1-5H3,(H,21,25). The molecule has 0 radical (unpaired) electrons. The van der Waals surface area contributed by atoms with Gasteiger partial charge in [-0.25, -0.2) is 4.68 Å². The Labute approximate surface area is 151 Å². The molecule has 1 aromatic heterocycles. The third kappa shape index (κ3) is 5.43. The summed E-state index contributed by atoms with van der Waals surface area (Å²) in [4.78, 5) is 14.5. The lowest BCUT2D eigenvalue weighted by Crippen LogP contribution is -2.26. The Kier molecular flexibility index (Phi) is 6.76. The van der Waals surface area contributed by atoms with Gasteiger partial charge in [0.1, 0.15) is 0 Å². The van der Waals surface area contributed by atoms with Crippen LogP contribution in [0.15, 0.2) is 30.3 Å². The van der Waals surface area contributed by atoms with Crippen LogP contribution >= 0.6 is 0 Å². The van der Waals surface area contributed by atoms with Crippen LogP contribution in [0.4, 0.5) is 5.69 Å². The molecule has 25 heavy (non-hydrogen) atoms. The van der Waals surface area contributed by atoms with Gasteiger partial charge in [0.2, 0.25) is 5.91 Å². The average Bonchev–Trinajstić information content (AvgIpc) is 2.87. The average molecular weight is 342 g/mol. The van der Waals surface area contributed by atoms with Crippen molar-refractivity contribution >= 4 is 11.6 Å². The fraction of sp³-hybridized carbons (Fsp3) is 0.500. The van der Waals surface area contributed by atoms with E-state index < -0.39 is 0 Å². The molecule has 0 aliphatic rings. The van der Waals surface area contributed by atoms with Crippen molar-refractivity contribution in [1.82, 2.24) is 14.7 Å². The van der Waals surface area contributed by atoms with E-state index in [1.807, 2.05) is 48.9 Å². The molecule has 0 bridgehead atoms. The van der Waals surface area contributed by atoms with Crippen LogP contribution in [0.5, 0.6) is 0 Å². The molecular weight excluding hydrogens is 312 g/mol. The third-order valence-corrected chi connectivity index (χ3v) is 4.37. The maximum atomic E-state index is 12.3. The molecule has 0 saturated heterocycles. The number of aryl methyl sites for hydroxylation is 1. The zero-order valence-electron chi connectivity index (χ0n) is 16.0. The quantitative estimate of drug-likeness (QED) is 0.794. The Bertz CT molecular complexity index is 691. The van der Waals surface area contributed by atoms with Gasteiger partial charge in [-0.3, -0.25) is 4.79 Å². The highest BCUT2D eigenvalue weighted by molar-refractivity contribution is 5.92. The highest BCUT2D eigenvalue weighted by Gasteiger charge is 2.15. The number of benzene rings is 1. The zero-order chi connectivity index (χ0) is 18.4. The van der Waals surface area contributed by atoms with E-state index in [0.29, 0.717) is 12.3 Å². The Hall–Kier alpha value is -2.14. The van der Waals surface area contributed by atoms with Gasteiger partial charge in [0.25, 0.3) is 0 Å². The lowest BCUT2D eigenvalue weighted by Gasteiger charge is -2.17. The van der Waals surface area contributed by atoms with Gasteiger partial charge in [0, 0.05) is 13.0 Å². The number of nitrogens with zero attached hydrogens (tertiary/aromatic N) is 3. The number of aromatic nitrogens is 2. The number of carbonyl (C=O) groups excluding carboxylic acids is 1. The highest BCUT2D eigenvalue weighted by Crippen LogP contribution is 2.22. The number of carbonyl (C=O) groups is 1. The van der Waals surface area contributed by atoms with E-state index in [4.69, 9.17) is 0 Å². The summed E-state index contributed by atoms with van der Waals surface area (Å²) in [6, 6.07) is 9.96. The smallest absolute Gasteiger partial charge is 0.225 e. The van der Waals surface area contributed by atoms with E-state index in [0.717, 1.165) is 42.3 Å². The molecule has 0 saturated carbocycles. The third-order valence-electron chi connectivity index (χ3n) is 4.37. The summed E-state index contributed by atoms with van der Waals surface area (Å²) < 4.78 is 1.87. The summed E-state index contributed by atoms with van der Waals surface area (Å²) in [7, 11) is 2.07. The van der Waals surface area contributed by atoms with Crippen LogP contribution in [0.1, 0.15) is 38.1 Å². The number of hydrogen-bond acceptors (Lipinski definition) is 3. The van der Waals surface area contributed by atoms with Gasteiger partial charge in [-0.15, -0.1) is 0 Å². The molecule has 0 aliphatic carbocycles. The minimum atomic E-state index is 0.0372. The van der Waals surface area contributed by atoms with E-state index in [1.165, 1.54) is 0 Å². The van der Waals surface area contributed by atoms with Crippen molar-refractivity contribution < 1.29 is 4.79 Å². The summed E-state index contributed by atoms with van der Waals surface area (Å²) >= 11 is 0. The molecule has 1 heterocycles. The van der Waals surface area contributed by atoms with Crippen molar-refractivity contribution in [2.45, 2.75) is 40.5 Å². The zero-order valence-corrected chi connectivity index (χ0v) is 16.0. The number of amides is 1. The normalized spacial score (nSPS) is 11.3. The lowest BCUT2D eigenvalue weighted by atomic mass is 10.1. The van der Waals surface area contributed by atoms with E-state index in [-0.39, 0.29) is 5.91 Å². The topological polar surface area (TPSA) is 50.2 Å². The second-order valence-corrected chi connectivity index (χ2v) is 7.08. The van der Waals surface area contributed by atoms with Crippen LogP contribution in [0.2, 0.25) is 0 Å². The SMILES string of the molecule is Cc1nn(-c2ccccc2)c(C)c1NC(=O)CCN(C)CCC(C)C. The first-order valence-corrected chi connectivity index (χ1v) is 8.98. The Morgan fingerprint density at radius 3 is 2.52 bits per heavy atom. The van der Waals surface area contributed by atoms with Gasteiger partial charge in [-0.1, -0.05) is 32.0 Å². The van der Waals surface area contributed by atoms with Crippen LogP contribution in [0.3, 0.4) is 0 Å². The molecule has 2 aromatic rings. The van der Waals surface area contributed by atoms with Crippen molar-refractivity contribution in [3.8, 4) is 5.69 Å². The molecule has 5 nitrogen and oxygen atoms in total. The minimum Gasteiger partial charge on any atom is -0.323 e. The van der Waals surface area contributed by atoms with E-state index in [9.17, 15) is 4.79 Å². The molecule has 0 fully saturated rings. The van der Waals surface area contributed by atoms with Crippen LogP contribution in [0.25, 0.3) is 5.69 Å². The van der Waals surface area contributed by atoms with Crippen molar-refractivity contribution in [2.24, 2.45) is 5.92 Å². The van der Waals surface area contributed by atoms with Gasteiger partial charge in [0.05, 0.1) is 22.8 Å². The Morgan fingerprint density at radius 2 is 1.88 bits per heavy atom. The number of rotatable bonds is 8. The summed E-state index contributed by atoms with van der Waals surface area (Å²) in [6.07, 6.45) is 1.64. The second kappa shape index (κ2) is 8.81. The van der Waals surface area contributed by atoms with Gasteiger partial charge in [0.15, 0.2) is 0 Å². The number of hydrogen-bond donors (Lipinski definition) is 1. The molecule has 0 atom stereocenters. The molecule has 2 rings (SSSR count). The Balaban J connectivity index is 1.96.